The summed E-state index contributed by atoms with van der Waals surface area (Å²) in [4.78, 5) is 0. The van der Waals surface area contributed by atoms with Gasteiger partial charge in [-0.1, -0.05) is 31.2 Å². The Kier molecular flexibility index (Phi) is 3.43. The molecule has 0 amide bonds. The summed E-state index contributed by atoms with van der Waals surface area (Å²) in [6, 6.07) is 12.4. The third-order valence-electron chi connectivity index (χ3n) is 3.35. The Bertz CT molecular complexity index is 715. The molecule has 3 aromatic rings. The number of rotatable bonds is 4. The standard InChI is InChI=1S/C15H17N5/c1-2-11-3-5-12(6-4-11)13-7-8-14-17-18-15(9-10-16)20(14)19-13/h3-8H,2,9-10,16H2,1H3. The minimum absolute atomic E-state index is 0.540. The summed E-state index contributed by atoms with van der Waals surface area (Å²) in [5.74, 6) is 0.800. The Morgan fingerprint density at radius 2 is 1.85 bits per heavy atom. The lowest BCUT2D eigenvalue weighted by Gasteiger charge is -2.04. The van der Waals surface area contributed by atoms with E-state index in [1.807, 2.05) is 12.1 Å². The van der Waals surface area contributed by atoms with Crippen molar-refractivity contribution in [3.8, 4) is 11.3 Å². The third kappa shape index (κ3) is 2.28. The van der Waals surface area contributed by atoms with Crippen LogP contribution in [0.4, 0.5) is 0 Å². The molecule has 2 N–H and O–H groups in total. The minimum atomic E-state index is 0.540. The van der Waals surface area contributed by atoms with Crippen molar-refractivity contribution < 1.29 is 0 Å². The van der Waals surface area contributed by atoms with Gasteiger partial charge in [-0.05, 0) is 30.7 Å². The first-order chi connectivity index (χ1) is 9.81. The van der Waals surface area contributed by atoms with Crippen LogP contribution in [0.5, 0.6) is 0 Å². The molecule has 5 heteroatoms. The van der Waals surface area contributed by atoms with E-state index in [1.54, 1.807) is 4.52 Å². The van der Waals surface area contributed by atoms with Crippen LogP contribution in [0, 0.1) is 0 Å². The summed E-state index contributed by atoms with van der Waals surface area (Å²) >= 11 is 0. The van der Waals surface area contributed by atoms with E-state index in [4.69, 9.17) is 5.73 Å². The number of hydrogen-bond acceptors (Lipinski definition) is 4. The van der Waals surface area contributed by atoms with E-state index < -0.39 is 0 Å². The fourth-order valence-corrected chi connectivity index (χ4v) is 2.18. The van der Waals surface area contributed by atoms with Gasteiger partial charge in [-0.2, -0.15) is 9.61 Å². The fraction of sp³-hybridized carbons (Fsp3) is 0.267. The summed E-state index contributed by atoms with van der Waals surface area (Å²) in [6.45, 7) is 2.69. The molecule has 0 aliphatic heterocycles. The van der Waals surface area contributed by atoms with Gasteiger partial charge in [-0.25, -0.2) is 0 Å². The lowest BCUT2D eigenvalue weighted by Crippen LogP contribution is -2.08. The van der Waals surface area contributed by atoms with Crippen molar-refractivity contribution in [1.29, 1.82) is 0 Å². The molecule has 0 spiro atoms. The zero-order valence-electron chi connectivity index (χ0n) is 11.5. The summed E-state index contributed by atoms with van der Waals surface area (Å²) < 4.78 is 1.77. The van der Waals surface area contributed by atoms with E-state index in [9.17, 15) is 0 Å². The van der Waals surface area contributed by atoms with Gasteiger partial charge in [-0.15, -0.1) is 10.2 Å². The lowest BCUT2D eigenvalue weighted by molar-refractivity contribution is 0.793. The maximum Gasteiger partial charge on any atom is 0.177 e. The molecule has 3 rings (SSSR count). The molecule has 2 heterocycles. The van der Waals surface area contributed by atoms with Gasteiger partial charge in [0.25, 0.3) is 0 Å². The van der Waals surface area contributed by atoms with Gasteiger partial charge < -0.3 is 5.73 Å². The van der Waals surface area contributed by atoms with Gasteiger partial charge in [0.15, 0.2) is 11.5 Å². The highest BCUT2D eigenvalue weighted by Gasteiger charge is 2.07. The molecule has 1 aromatic carbocycles. The number of hydrogen-bond donors (Lipinski definition) is 1. The largest absolute Gasteiger partial charge is 0.330 e. The topological polar surface area (TPSA) is 69.1 Å². The summed E-state index contributed by atoms with van der Waals surface area (Å²) in [7, 11) is 0. The number of fused-ring (bicyclic) bond motifs is 1. The molecule has 5 nitrogen and oxygen atoms in total. The highest BCUT2D eigenvalue weighted by Crippen LogP contribution is 2.18. The van der Waals surface area contributed by atoms with Gasteiger partial charge in [0.1, 0.15) is 0 Å². The van der Waals surface area contributed by atoms with E-state index in [2.05, 4.69) is 46.5 Å². The van der Waals surface area contributed by atoms with Crippen molar-refractivity contribution in [1.82, 2.24) is 19.8 Å². The lowest BCUT2D eigenvalue weighted by atomic mass is 10.1. The van der Waals surface area contributed by atoms with Crippen molar-refractivity contribution in [2.24, 2.45) is 5.73 Å². The molecule has 102 valence electrons. The second-order valence-corrected chi connectivity index (χ2v) is 4.69. The highest BCUT2D eigenvalue weighted by molar-refractivity contribution is 5.60. The third-order valence-corrected chi connectivity index (χ3v) is 3.35. The fourth-order valence-electron chi connectivity index (χ4n) is 2.18. The van der Waals surface area contributed by atoms with E-state index in [0.717, 1.165) is 29.1 Å². The number of nitrogens with two attached hydrogens (primary N) is 1. The van der Waals surface area contributed by atoms with E-state index >= 15 is 0 Å². The average molecular weight is 267 g/mol. The molecule has 2 aromatic heterocycles. The van der Waals surface area contributed by atoms with E-state index in [1.165, 1.54) is 5.56 Å². The predicted molar refractivity (Wildman–Crippen MR) is 78.4 cm³/mol. The van der Waals surface area contributed by atoms with Crippen molar-refractivity contribution in [2.45, 2.75) is 19.8 Å². The number of aryl methyl sites for hydroxylation is 1. The molecule has 0 saturated carbocycles. The van der Waals surface area contributed by atoms with Crippen LogP contribution in [0.15, 0.2) is 36.4 Å². The first-order valence-electron chi connectivity index (χ1n) is 6.82. The Labute approximate surface area is 117 Å². The summed E-state index contributed by atoms with van der Waals surface area (Å²) in [5.41, 5.74) is 9.67. The Morgan fingerprint density at radius 3 is 2.55 bits per heavy atom. The molecule has 0 atom stereocenters. The normalized spacial score (nSPS) is 11.1. The molecule has 0 aliphatic rings. The zero-order chi connectivity index (χ0) is 13.9. The van der Waals surface area contributed by atoms with Gasteiger partial charge in [-0.3, -0.25) is 0 Å². The predicted octanol–water partition coefficient (Wildman–Crippen LogP) is 1.85. The van der Waals surface area contributed by atoms with Crippen LogP contribution in [0.3, 0.4) is 0 Å². The van der Waals surface area contributed by atoms with Gasteiger partial charge in [0.05, 0.1) is 5.69 Å². The molecule has 0 saturated heterocycles. The zero-order valence-corrected chi connectivity index (χ0v) is 11.5. The van der Waals surface area contributed by atoms with Crippen molar-refractivity contribution in [2.75, 3.05) is 6.54 Å². The van der Waals surface area contributed by atoms with E-state index in [0.29, 0.717) is 13.0 Å². The molecule has 0 unspecified atom stereocenters. The maximum absolute atomic E-state index is 5.58. The van der Waals surface area contributed by atoms with E-state index in [-0.39, 0.29) is 0 Å². The van der Waals surface area contributed by atoms with Gasteiger partial charge in [0, 0.05) is 12.0 Å². The van der Waals surface area contributed by atoms with Crippen LogP contribution in [-0.4, -0.2) is 26.4 Å². The van der Waals surface area contributed by atoms with Gasteiger partial charge >= 0.3 is 0 Å². The highest BCUT2D eigenvalue weighted by atomic mass is 15.4. The first kappa shape index (κ1) is 12.7. The molecule has 0 bridgehead atoms. The second kappa shape index (κ2) is 5.38. The van der Waals surface area contributed by atoms with Crippen molar-refractivity contribution in [3.05, 3.63) is 47.8 Å². The smallest absolute Gasteiger partial charge is 0.177 e. The molecule has 0 aliphatic carbocycles. The number of aromatic nitrogens is 4. The average Bonchev–Trinajstić information content (AvgIpc) is 2.90. The van der Waals surface area contributed by atoms with Crippen LogP contribution in [0.1, 0.15) is 18.3 Å². The van der Waals surface area contributed by atoms with Gasteiger partial charge in [0.2, 0.25) is 0 Å². The summed E-state index contributed by atoms with van der Waals surface area (Å²) in [5, 5.41) is 12.8. The van der Waals surface area contributed by atoms with Crippen LogP contribution in [0.25, 0.3) is 16.9 Å². The molecular formula is C15H17N5. The number of nitrogens with zero attached hydrogens (tertiary/aromatic N) is 4. The van der Waals surface area contributed by atoms with Crippen LogP contribution in [0.2, 0.25) is 0 Å². The van der Waals surface area contributed by atoms with Crippen molar-refractivity contribution >= 4 is 5.65 Å². The SMILES string of the molecule is CCc1ccc(-c2ccc3nnc(CCN)n3n2)cc1. The van der Waals surface area contributed by atoms with Crippen molar-refractivity contribution in [3.63, 3.8) is 0 Å². The molecule has 20 heavy (non-hydrogen) atoms. The Balaban J connectivity index is 2.04. The minimum Gasteiger partial charge on any atom is -0.330 e. The molecule has 0 radical (unpaired) electrons. The maximum atomic E-state index is 5.58. The molecule has 0 fully saturated rings. The van der Waals surface area contributed by atoms with Crippen LogP contribution in [-0.2, 0) is 12.8 Å². The van der Waals surface area contributed by atoms with Crippen LogP contribution >= 0.6 is 0 Å². The summed E-state index contributed by atoms with van der Waals surface area (Å²) in [6.07, 6.45) is 1.71. The van der Waals surface area contributed by atoms with Crippen LogP contribution < -0.4 is 5.73 Å². The quantitative estimate of drug-likeness (QED) is 0.783. The Morgan fingerprint density at radius 1 is 1.05 bits per heavy atom. The molecular weight excluding hydrogens is 250 g/mol. The first-order valence-corrected chi connectivity index (χ1v) is 6.82. The number of benzene rings is 1. The monoisotopic (exact) mass is 267 g/mol. The Hall–Kier alpha value is -2.27. The second-order valence-electron chi connectivity index (χ2n) is 4.69.